The molecule has 24 heavy (non-hydrogen) atoms. The number of carbonyl (C=O) groups excluding carboxylic acids is 1. The molecule has 0 unspecified atom stereocenters. The molecule has 128 valence electrons. The number of carbonyl (C=O) groups is 1. The first-order valence-electron chi connectivity index (χ1n) is 7.00. The molecule has 0 aliphatic heterocycles. The van der Waals surface area contributed by atoms with Crippen molar-refractivity contribution in [2.75, 3.05) is 0 Å². The Morgan fingerprint density at radius 3 is 2.50 bits per heavy atom. The summed E-state index contributed by atoms with van der Waals surface area (Å²) in [7, 11) is 0. The first-order valence-corrected chi connectivity index (χ1v) is 7.38. The summed E-state index contributed by atoms with van der Waals surface area (Å²) >= 11 is 5.55. The lowest BCUT2D eigenvalue weighted by Crippen LogP contribution is -2.34. The summed E-state index contributed by atoms with van der Waals surface area (Å²) in [5.41, 5.74) is -1.11. The third kappa shape index (κ3) is 4.38. The van der Waals surface area contributed by atoms with Gasteiger partial charge in [-0.1, -0.05) is 41.9 Å². The van der Waals surface area contributed by atoms with E-state index in [0.717, 1.165) is 5.56 Å². The van der Waals surface area contributed by atoms with Gasteiger partial charge in [0.2, 0.25) is 5.91 Å². The van der Waals surface area contributed by atoms with Gasteiger partial charge in [-0.2, -0.15) is 13.2 Å². The van der Waals surface area contributed by atoms with E-state index >= 15 is 0 Å². The molecule has 0 aliphatic rings. The third-order valence-electron chi connectivity index (χ3n) is 3.36. The maximum atomic E-state index is 12.8. The standard InChI is InChI=1S/C16H14ClF3N2O2/c1-10(11-5-3-2-4-6-11)21-14(23)9-22-8-12(16(18,19)20)7-13(17)15(22)24/h2-8,10H,9H2,1H3,(H,21,23)/t10-/m0/s1. The fourth-order valence-electron chi connectivity index (χ4n) is 2.14. The Labute approximate surface area is 140 Å². The van der Waals surface area contributed by atoms with E-state index in [1.807, 2.05) is 6.07 Å². The Hall–Kier alpha value is -2.28. The molecule has 0 fully saturated rings. The molecular weight excluding hydrogens is 345 g/mol. The Morgan fingerprint density at radius 1 is 1.29 bits per heavy atom. The highest BCUT2D eigenvalue weighted by Gasteiger charge is 2.32. The zero-order valence-corrected chi connectivity index (χ0v) is 13.4. The van der Waals surface area contributed by atoms with Crippen molar-refractivity contribution in [1.29, 1.82) is 0 Å². The van der Waals surface area contributed by atoms with E-state index in [1.165, 1.54) is 0 Å². The van der Waals surface area contributed by atoms with E-state index in [2.05, 4.69) is 5.32 Å². The molecule has 2 rings (SSSR count). The van der Waals surface area contributed by atoms with Gasteiger partial charge in [-0.25, -0.2) is 0 Å². The number of hydrogen-bond donors (Lipinski definition) is 1. The van der Waals surface area contributed by atoms with Crippen molar-refractivity contribution >= 4 is 17.5 Å². The lowest BCUT2D eigenvalue weighted by Gasteiger charge is -2.16. The summed E-state index contributed by atoms with van der Waals surface area (Å²) in [6.07, 6.45) is -4.08. The van der Waals surface area contributed by atoms with Crippen LogP contribution >= 0.6 is 11.6 Å². The smallest absolute Gasteiger partial charge is 0.348 e. The van der Waals surface area contributed by atoms with E-state index in [1.54, 1.807) is 31.2 Å². The Morgan fingerprint density at radius 2 is 1.92 bits per heavy atom. The van der Waals surface area contributed by atoms with Crippen LogP contribution in [0.4, 0.5) is 13.2 Å². The number of nitrogens with zero attached hydrogens (tertiary/aromatic N) is 1. The molecule has 0 radical (unpaired) electrons. The molecule has 0 saturated heterocycles. The van der Waals surface area contributed by atoms with E-state index in [4.69, 9.17) is 11.6 Å². The molecule has 0 saturated carbocycles. The number of hydrogen-bond acceptors (Lipinski definition) is 2. The fourth-order valence-corrected chi connectivity index (χ4v) is 2.36. The molecule has 1 aromatic carbocycles. The average molecular weight is 359 g/mol. The minimum Gasteiger partial charge on any atom is -0.348 e. The Bertz CT molecular complexity index is 788. The summed E-state index contributed by atoms with van der Waals surface area (Å²) in [5, 5.41) is 2.04. The van der Waals surface area contributed by atoms with Crippen LogP contribution in [0.2, 0.25) is 5.02 Å². The topological polar surface area (TPSA) is 51.1 Å². The van der Waals surface area contributed by atoms with Gasteiger partial charge in [0, 0.05) is 6.20 Å². The van der Waals surface area contributed by atoms with Crippen molar-refractivity contribution in [3.05, 3.63) is 69.1 Å². The lowest BCUT2D eigenvalue weighted by atomic mass is 10.1. The maximum absolute atomic E-state index is 12.8. The van der Waals surface area contributed by atoms with E-state index in [9.17, 15) is 22.8 Å². The summed E-state index contributed by atoms with van der Waals surface area (Å²) in [6, 6.07) is 9.23. The average Bonchev–Trinajstić information content (AvgIpc) is 2.51. The maximum Gasteiger partial charge on any atom is 0.417 e. The molecule has 0 bridgehead atoms. The second kappa shape index (κ2) is 7.09. The van der Waals surface area contributed by atoms with Gasteiger partial charge in [0.05, 0.1) is 11.6 Å². The molecule has 1 atom stereocenters. The molecule has 1 amide bonds. The highest BCUT2D eigenvalue weighted by Crippen LogP contribution is 2.29. The molecule has 0 aliphatic carbocycles. The number of amides is 1. The van der Waals surface area contributed by atoms with Crippen LogP contribution < -0.4 is 10.9 Å². The van der Waals surface area contributed by atoms with Crippen LogP contribution in [0, 0.1) is 0 Å². The number of pyridine rings is 1. The molecular formula is C16H14ClF3N2O2. The molecule has 1 aromatic heterocycles. The van der Waals surface area contributed by atoms with Crippen LogP contribution in [0.3, 0.4) is 0 Å². The zero-order chi connectivity index (χ0) is 17.9. The number of aromatic nitrogens is 1. The number of benzene rings is 1. The monoisotopic (exact) mass is 358 g/mol. The van der Waals surface area contributed by atoms with E-state index < -0.39 is 34.8 Å². The SMILES string of the molecule is C[C@H](NC(=O)Cn1cc(C(F)(F)F)cc(Cl)c1=O)c1ccccc1. The van der Waals surface area contributed by atoms with Crippen molar-refractivity contribution in [2.45, 2.75) is 25.7 Å². The van der Waals surface area contributed by atoms with Crippen LogP contribution in [0.15, 0.2) is 47.4 Å². The molecule has 8 heteroatoms. The van der Waals surface area contributed by atoms with E-state index in [0.29, 0.717) is 16.8 Å². The normalized spacial score (nSPS) is 12.7. The van der Waals surface area contributed by atoms with Gasteiger partial charge in [0.15, 0.2) is 0 Å². The predicted molar refractivity (Wildman–Crippen MR) is 83.7 cm³/mol. The fraction of sp³-hybridized carbons (Fsp3) is 0.250. The largest absolute Gasteiger partial charge is 0.417 e. The summed E-state index contributed by atoms with van der Waals surface area (Å²) in [5.74, 6) is -0.594. The van der Waals surface area contributed by atoms with Gasteiger partial charge < -0.3 is 9.88 Å². The second-order valence-electron chi connectivity index (χ2n) is 5.21. The van der Waals surface area contributed by atoms with Gasteiger partial charge in [-0.05, 0) is 18.6 Å². The molecule has 1 N–H and O–H groups in total. The Kier molecular flexibility index (Phi) is 5.33. The van der Waals surface area contributed by atoms with Crippen molar-refractivity contribution in [2.24, 2.45) is 0 Å². The van der Waals surface area contributed by atoms with Gasteiger partial charge in [-0.15, -0.1) is 0 Å². The van der Waals surface area contributed by atoms with Crippen molar-refractivity contribution in [3.8, 4) is 0 Å². The zero-order valence-electron chi connectivity index (χ0n) is 12.6. The third-order valence-corrected chi connectivity index (χ3v) is 3.63. The summed E-state index contributed by atoms with van der Waals surface area (Å²) in [4.78, 5) is 23.8. The predicted octanol–water partition coefficient (Wildman–Crippen LogP) is 3.40. The lowest BCUT2D eigenvalue weighted by molar-refractivity contribution is -0.138. The molecule has 4 nitrogen and oxygen atoms in total. The molecule has 1 heterocycles. The minimum atomic E-state index is -4.66. The molecule has 0 spiro atoms. The van der Waals surface area contributed by atoms with Crippen molar-refractivity contribution < 1.29 is 18.0 Å². The number of rotatable bonds is 4. The number of nitrogens with one attached hydrogen (secondary N) is 1. The highest BCUT2D eigenvalue weighted by molar-refractivity contribution is 6.30. The van der Waals surface area contributed by atoms with Gasteiger partial charge in [0.1, 0.15) is 11.6 Å². The van der Waals surface area contributed by atoms with Gasteiger partial charge in [-0.3, -0.25) is 9.59 Å². The molecule has 2 aromatic rings. The summed E-state index contributed by atoms with van der Waals surface area (Å²) < 4.78 is 39.0. The minimum absolute atomic E-state index is 0.351. The van der Waals surface area contributed by atoms with Gasteiger partial charge >= 0.3 is 6.18 Å². The highest BCUT2D eigenvalue weighted by atomic mass is 35.5. The van der Waals surface area contributed by atoms with Crippen molar-refractivity contribution in [1.82, 2.24) is 9.88 Å². The van der Waals surface area contributed by atoms with Crippen LogP contribution in [0.5, 0.6) is 0 Å². The van der Waals surface area contributed by atoms with Gasteiger partial charge in [0.25, 0.3) is 5.56 Å². The first kappa shape index (κ1) is 18.1. The van der Waals surface area contributed by atoms with E-state index in [-0.39, 0.29) is 6.04 Å². The Balaban J connectivity index is 2.17. The van der Waals surface area contributed by atoms with Crippen LogP contribution in [-0.4, -0.2) is 10.5 Å². The van der Waals surface area contributed by atoms with Crippen LogP contribution in [0.25, 0.3) is 0 Å². The van der Waals surface area contributed by atoms with Crippen LogP contribution in [-0.2, 0) is 17.5 Å². The number of alkyl halides is 3. The quantitative estimate of drug-likeness (QED) is 0.910. The van der Waals surface area contributed by atoms with Crippen LogP contribution in [0.1, 0.15) is 24.1 Å². The summed E-state index contributed by atoms with van der Waals surface area (Å²) in [6.45, 7) is 1.18. The van der Waals surface area contributed by atoms with Crippen molar-refractivity contribution in [3.63, 3.8) is 0 Å². The first-order chi connectivity index (χ1) is 11.2. The number of halogens is 4. The second-order valence-corrected chi connectivity index (χ2v) is 5.61.